The van der Waals surface area contributed by atoms with E-state index in [1.54, 1.807) is 6.92 Å². The monoisotopic (exact) mass is 584 g/mol. The summed E-state index contributed by atoms with van der Waals surface area (Å²) < 4.78 is 0. The molecule has 2 aromatic rings. The molecule has 238 valence electrons. The van der Waals surface area contributed by atoms with E-state index >= 15 is 0 Å². The zero-order valence-electron chi connectivity index (χ0n) is 29.8. The molecule has 2 aromatic carbocycles. The summed E-state index contributed by atoms with van der Waals surface area (Å²) in [4.78, 5) is 10.2. The van der Waals surface area contributed by atoms with Gasteiger partial charge in [0.25, 0.3) is 0 Å². The average molecular weight is 585 g/mol. The molecule has 0 aromatic heterocycles. The molecule has 0 aliphatic heterocycles. The van der Waals surface area contributed by atoms with Gasteiger partial charge in [0.1, 0.15) is 5.78 Å². The first-order valence-corrected chi connectivity index (χ1v) is 16.6. The van der Waals surface area contributed by atoms with Crippen LogP contribution in [0.1, 0.15) is 127 Å². The second-order valence-electron chi connectivity index (χ2n) is 10.7. The van der Waals surface area contributed by atoms with E-state index in [1.165, 1.54) is 70.2 Å². The normalized spacial score (nSPS) is 12.8. The van der Waals surface area contributed by atoms with Gasteiger partial charge in [0, 0.05) is 6.42 Å². The van der Waals surface area contributed by atoms with Crippen LogP contribution in [0.25, 0.3) is 11.6 Å². The van der Waals surface area contributed by atoms with Crippen molar-refractivity contribution in [3.05, 3.63) is 119 Å². The summed E-state index contributed by atoms with van der Waals surface area (Å²) in [6, 6.07) is 13.1. The first-order chi connectivity index (χ1) is 20.6. The first kappa shape index (κ1) is 41.9. The second-order valence-corrected chi connectivity index (χ2v) is 10.7. The fourth-order valence-corrected chi connectivity index (χ4v) is 4.74. The van der Waals surface area contributed by atoms with Crippen molar-refractivity contribution in [1.82, 2.24) is 0 Å². The summed E-state index contributed by atoms with van der Waals surface area (Å²) in [5, 5.41) is 0. The Morgan fingerprint density at radius 1 is 0.860 bits per heavy atom. The van der Waals surface area contributed by atoms with E-state index < -0.39 is 0 Å². The third kappa shape index (κ3) is 18.2. The molecule has 1 heteroatoms. The quantitative estimate of drug-likeness (QED) is 0.223. The Hall–Kier alpha value is -3.19. The number of aryl methyl sites for hydroxylation is 3. The van der Waals surface area contributed by atoms with E-state index in [2.05, 4.69) is 115 Å². The van der Waals surface area contributed by atoms with Gasteiger partial charge in [0.05, 0.1) is 0 Å². The minimum absolute atomic E-state index is 0.307. The summed E-state index contributed by atoms with van der Waals surface area (Å²) in [6.45, 7) is 30.2. The number of ketones is 1. The Morgan fingerprint density at radius 2 is 1.37 bits per heavy atom. The van der Waals surface area contributed by atoms with Crippen LogP contribution >= 0.6 is 0 Å². The first-order valence-electron chi connectivity index (χ1n) is 16.6. The lowest BCUT2D eigenvalue weighted by molar-refractivity contribution is -0.117. The average Bonchev–Trinajstić information content (AvgIpc) is 3.31. The van der Waals surface area contributed by atoms with Crippen molar-refractivity contribution in [3.63, 3.8) is 0 Å². The van der Waals surface area contributed by atoms with Crippen molar-refractivity contribution < 1.29 is 4.79 Å². The predicted octanol–water partition coefficient (Wildman–Crippen LogP) is 13.3. The van der Waals surface area contributed by atoms with Gasteiger partial charge >= 0.3 is 0 Å². The molecule has 0 radical (unpaired) electrons. The molecule has 0 fully saturated rings. The molecular formula is C42H64O. The Morgan fingerprint density at radius 3 is 1.77 bits per heavy atom. The van der Waals surface area contributed by atoms with Crippen LogP contribution in [0.2, 0.25) is 0 Å². The topological polar surface area (TPSA) is 17.1 Å². The van der Waals surface area contributed by atoms with Gasteiger partial charge < -0.3 is 4.79 Å². The standard InChI is InChI=1S/C22H26.C10H14.C6H12O.2C2H6/c1-4-6-13-22(21-11-9-7-8-10-12-21)18(3)20-16-14-19(5-2)15-17-20;1-7-5-8(2)10(4)9(3)6-7;1-3-4-5-6(2)7;2*1-2/h4-8,13-17,21H,1-2,9-12H2,3H3;5-6H,1-4H3;3-5H2,1-2H3;2*1-2H3/b13-6-,22-18-;;;;. The summed E-state index contributed by atoms with van der Waals surface area (Å²) in [5.74, 6) is 0.937. The molecule has 43 heavy (non-hydrogen) atoms. The van der Waals surface area contributed by atoms with Crippen LogP contribution in [0.5, 0.6) is 0 Å². The maximum absolute atomic E-state index is 10.2. The van der Waals surface area contributed by atoms with Crippen molar-refractivity contribution in [2.45, 2.75) is 121 Å². The molecule has 0 bridgehead atoms. The zero-order chi connectivity index (χ0) is 33.2. The molecular weight excluding hydrogens is 520 g/mol. The number of hydrogen-bond donors (Lipinski definition) is 0. The number of allylic oxidation sites excluding steroid dienone is 7. The number of unbranched alkanes of at least 4 members (excludes halogenated alkanes) is 1. The van der Waals surface area contributed by atoms with Crippen molar-refractivity contribution in [3.8, 4) is 0 Å². The highest BCUT2D eigenvalue weighted by atomic mass is 16.1. The van der Waals surface area contributed by atoms with Crippen molar-refractivity contribution in [2.75, 3.05) is 0 Å². The molecule has 1 nitrogen and oxygen atoms in total. The van der Waals surface area contributed by atoms with Gasteiger partial charge in [-0.15, -0.1) is 0 Å². The second kappa shape index (κ2) is 26.4. The number of rotatable bonds is 8. The molecule has 0 atom stereocenters. The van der Waals surface area contributed by atoms with Crippen LogP contribution in [0.4, 0.5) is 0 Å². The largest absolute Gasteiger partial charge is 0.300 e. The lowest BCUT2D eigenvalue weighted by Crippen LogP contribution is -2.04. The Bertz CT molecular complexity index is 1100. The van der Waals surface area contributed by atoms with Gasteiger partial charge in [-0.05, 0) is 119 Å². The van der Waals surface area contributed by atoms with Gasteiger partial charge in [0.2, 0.25) is 0 Å². The molecule has 0 unspecified atom stereocenters. The Kier molecular flexibility index (Phi) is 25.8. The minimum atomic E-state index is 0.307. The van der Waals surface area contributed by atoms with E-state index in [1.807, 2.05) is 39.8 Å². The maximum Gasteiger partial charge on any atom is 0.129 e. The van der Waals surface area contributed by atoms with Crippen molar-refractivity contribution in [2.24, 2.45) is 5.92 Å². The zero-order valence-corrected chi connectivity index (χ0v) is 29.8. The van der Waals surface area contributed by atoms with Gasteiger partial charge in [-0.25, -0.2) is 0 Å². The molecule has 1 aliphatic rings. The van der Waals surface area contributed by atoms with Crippen LogP contribution in [0, 0.1) is 33.6 Å². The molecule has 0 N–H and O–H groups in total. The SMILES string of the molecule is C=C/C=C\C(=C(/C)c1ccc(C=C)cc1)C1CCC=CCC1.CC.CC.CCCCC(C)=O.Cc1cc(C)c(C)c(C)c1. The summed E-state index contributed by atoms with van der Waals surface area (Å²) in [7, 11) is 0. The van der Waals surface area contributed by atoms with Gasteiger partial charge in [-0.2, -0.15) is 0 Å². The third-order valence-electron chi connectivity index (χ3n) is 7.35. The van der Waals surface area contributed by atoms with Crippen LogP contribution < -0.4 is 0 Å². The van der Waals surface area contributed by atoms with Crippen LogP contribution in [0.15, 0.2) is 85.5 Å². The van der Waals surface area contributed by atoms with E-state index in [9.17, 15) is 4.79 Å². The lowest BCUT2D eigenvalue weighted by atomic mass is 9.85. The summed E-state index contributed by atoms with van der Waals surface area (Å²) in [5.41, 5.74) is 10.9. The number of carbonyl (C=O) groups excluding carboxylic acids is 1. The van der Waals surface area contributed by atoms with Gasteiger partial charge in [-0.3, -0.25) is 0 Å². The third-order valence-corrected chi connectivity index (χ3v) is 7.35. The molecule has 0 saturated carbocycles. The summed E-state index contributed by atoms with van der Waals surface area (Å²) >= 11 is 0. The number of carbonyl (C=O) groups is 1. The molecule has 0 spiro atoms. The predicted molar refractivity (Wildman–Crippen MR) is 198 cm³/mol. The highest BCUT2D eigenvalue weighted by molar-refractivity contribution is 5.75. The Labute approximate surface area is 267 Å². The molecule has 0 saturated heterocycles. The van der Waals surface area contributed by atoms with E-state index in [4.69, 9.17) is 0 Å². The lowest BCUT2D eigenvalue weighted by Gasteiger charge is -2.19. The fourth-order valence-electron chi connectivity index (χ4n) is 4.74. The molecule has 0 amide bonds. The van der Waals surface area contributed by atoms with E-state index in [0.29, 0.717) is 11.7 Å². The van der Waals surface area contributed by atoms with Crippen LogP contribution in [-0.2, 0) is 4.79 Å². The van der Waals surface area contributed by atoms with Gasteiger partial charge in [0.15, 0.2) is 0 Å². The van der Waals surface area contributed by atoms with Crippen molar-refractivity contribution in [1.29, 1.82) is 0 Å². The molecule has 1 aliphatic carbocycles. The van der Waals surface area contributed by atoms with E-state index in [0.717, 1.165) is 19.3 Å². The summed E-state index contributed by atoms with van der Waals surface area (Å²) in [6.07, 6.45) is 20.5. The van der Waals surface area contributed by atoms with E-state index in [-0.39, 0.29) is 0 Å². The van der Waals surface area contributed by atoms with Crippen LogP contribution in [0.3, 0.4) is 0 Å². The number of hydrogen-bond acceptors (Lipinski definition) is 1. The highest BCUT2D eigenvalue weighted by Gasteiger charge is 2.16. The molecule has 0 heterocycles. The van der Waals surface area contributed by atoms with Crippen LogP contribution in [-0.4, -0.2) is 5.78 Å². The maximum atomic E-state index is 10.2. The number of benzene rings is 2. The molecule has 3 rings (SSSR count). The van der Waals surface area contributed by atoms with Crippen molar-refractivity contribution >= 4 is 17.4 Å². The highest BCUT2D eigenvalue weighted by Crippen LogP contribution is 2.32. The minimum Gasteiger partial charge on any atom is -0.300 e. The fraction of sp³-hybridized carbons (Fsp3) is 0.452. The smallest absolute Gasteiger partial charge is 0.129 e. The Balaban J connectivity index is 0. The van der Waals surface area contributed by atoms with Gasteiger partial charge in [-0.1, -0.05) is 133 Å². The number of Topliss-reactive ketones (excluding diaryl/α,β-unsaturated/α-hetero) is 1.